The molecule has 106 valence electrons. The van der Waals surface area contributed by atoms with E-state index in [1.165, 1.54) is 5.56 Å². The van der Waals surface area contributed by atoms with Crippen molar-refractivity contribution in [3.05, 3.63) is 29.8 Å². The molecule has 4 heteroatoms. The molecule has 0 heterocycles. The lowest BCUT2D eigenvalue weighted by molar-refractivity contribution is -0.0456. The van der Waals surface area contributed by atoms with E-state index in [0.29, 0.717) is 18.8 Å². The van der Waals surface area contributed by atoms with Gasteiger partial charge in [0.15, 0.2) is 0 Å². The molecule has 0 aromatic heterocycles. The van der Waals surface area contributed by atoms with Gasteiger partial charge in [0, 0.05) is 17.7 Å². The van der Waals surface area contributed by atoms with Gasteiger partial charge in [0.25, 0.3) is 0 Å². The lowest BCUT2D eigenvalue weighted by Crippen LogP contribution is -2.29. The van der Waals surface area contributed by atoms with Crippen molar-refractivity contribution in [2.45, 2.75) is 42.9 Å². The maximum Gasteiger partial charge on any atom is 0.248 e. The molecule has 1 atom stereocenters. The molecule has 0 spiro atoms. The molecule has 1 fully saturated rings. The van der Waals surface area contributed by atoms with E-state index in [1.54, 1.807) is 7.11 Å². The van der Waals surface area contributed by atoms with Crippen LogP contribution in [-0.4, -0.2) is 17.9 Å². The van der Waals surface area contributed by atoms with Gasteiger partial charge in [0.2, 0.25) is 5.92 Å². The minimum Gasteiger partial charge on any atom is -0.497 e. The largest absolute Gasteiger partial charge is 0.497 e. The van der Waals surface area contributed by atoms with E-state index < -0.39 is 5.92 Å². The quantitative estimate of drug-likeness (QED) is 0.718. The summed E-state index contributed by atoms with van der Waals surface area (Å²) in [5.41, 5.74) is 1.18. The average Bonchev–Trinajstić information content (AvgIpc) is 2.38. The normalized spacial score (nSPS) is 21.1. The maximum absolute atomic E-state index is 13.1. The Balaban J connectivity index is 1.92. The molecule has 1 aromatic carbocycles. The summed E-state index contributed by atoms with van der Waals surface area (Å²) in [5.74, 6) is -1.27. The highest BCUT2D eigenvalue weighted by molar-refractivity contribution is 9.09. The van der Waals surface area contributed by atoms with Gasteiger partial charge in [0.05, 0.1) is 7.11 Å². The van der Waals surface area contributed by atoms with Crippen LogP contribution < -0.4 is 4.74 Å². The maximum atomic E-state index is 13.1. The van der Waals surface area contributed by atoms with Crippen molar-refractivity contribution in [2.24, 2.45) is 5.92 Å². The average molecular weight is 333 g/mol. The van der Waals surface area contributed by atoms with E-state index in [9.17, 15) is 8.78 Å². The third-order valence-electron chi connectivity index (χ3n) is 3.84. The minimum absolute atomic E-state index is 0.0257. The summed E-state index contributed by atoms with van der Waals surface area (Å²) in [7, 11) is 1.65. The number of methoxy groups -OCH3 is 1. The first-order valence-corrected chi connectivity index (χ1v) is 7.56. The van der Waals surface area contributed by atoms with Crippen molar-refractivity contribution < 1.29 is 13.5 Å². The second-order valence-electron chi connectivity index (χ2n) is 5.27. The summed E-state index contributed by atoms with van der Waals surface area (Å²) in [6, 6.07) is 7.93. The van der Waals surface area contributed by atoms with Crippen LogP contribution in [0, 0.1) is 5.92 Å². The van der Waals surface area contributed by atoms with Crippen molar-refractivity contribution in [1.29, 1.82) is 0 Å². The molecule has 0 N–H and O–H groups in total. The summed E-state index contributed by atoms with van der Waals surface area (Å²) < 4.78 is 31.5. The Morgan fingerprint density at radius 2 is 2.05 bits per heavy atom. The Kier molecular flexibility index (Phi) is 4.82. The highest BCUT2D eigenvalue weighted by Gasteiger charge is 2.36. The molecule has 1 aliphatic rings. The van der Waals surface area contributed by atoms with Crippen LogP contribution in [0.4, 0.5) is 8.78 Å². The molecule has 19 heavy (non-hydrogen) atoms. The topological polar surface area (TPSA) is 9.23 Å². The van der Waals surface area contributed by atoms with E-state index in [-0.39, 0.29) is 17.7 Å². The van der Waals surface area contributed by atoms with E-state index in [4.69, 9.17) is 4.74 Å². The second-order valence-corrected chi connectivity index (χ2v) is 6.44. The second kappa shape index (κ2) is 6.21. The summed E-state index contributed by atoms with van der Waals surface area (Å²) in [6.07, 6.45) is 2.11. The Morgan fingerprint density at radius 1 is 1.37 bits per heavy atom. The number of benzene rings is 1. The number of ether oxygens (including phenoxy) is 1. The van der Waals surface area contributed by atoms with E-state index in [0.717, 1.165) is 12.2 Å². The molecule has 0 amide bonds. The molecule has 1 saturated carbocycles. The Bertz CT molecular complexity index is 412. The smallest absolute Gasteiger partial charge is 0.248 e. The van der Waals surface area contributed by atoms with Gasteiger partial charge in [-0.3, -0.25) is 0 Å². The van der Waals surface area contributed by atoms with Gasteiger partial charge < -0.3 is 4.74 Å². The third kappa shape index (κ3) is 4.16. The monoisotopic (exact) mass is 332 g/mol. The van der Waals surface area contributed by atoms with Gasteiger partial charge >= 0.3 is 0 Å². The predicted octanol–water partition coefficient (Wildman–Crippen LogP) is 4.83. The highest BCUT2D eigenvalue weighted by atomic mass is 79.9. The van der Waals surface area contributed by atoms with Gasteiger partial charge in [-0.1, -0.05) is 28.1 Å². The molecule has 1 nitrogen and oxygen atoms in total. The molecule has 1 unspecified atom stereocenters. The zero-order valence-corrected chi connectivity index (χ0v) is 12.6. The van der Waals surface area contributed by atoms with Gasteiger partial charge in [-0.25, -0.2) is 8.78 Å². The SMILES string of the molecule is COc1cccc(CC(Br)C2CCC(F)(F)CC2)c1. The molecular weight excluding hydrogens is 314 g/mol. The van der Waals surface area contributed by atoms with Gasteiger partial charge in [-0.2, -0.15) is 0 Å². The van der Waals surface area contributed by atoms with E-state index in [2.05, 4.69) is 15.9 Å². The first kappa shape index (κ1) is 14.8. The van der Waals surface area contributed by atoms with E-state index in [1.807, 2.05) is 24.3 Å². The number of hydrogen-bond acceptors (Lipinski definition) is 1. The fraction of sp³-hybridized carbons (Fsp3) is 0.600. The van der Waals surface area contributed by atoms with Crippen LogP contribution in [0.3, 0.4) is 0 Å². The summed E-state index contributed by atoms with van der Waals surface area (Å²) in [5, 5.41) is 0. The molecular formula is C15H19BrF2O. The van der Waals surface area contributed by atoms with Crippen LogP contribution >= 0.6 is 15.9 Å². The van der Waals surface area contributed by atoms with Crippen LogP contribution in [0.1, 0.15) is 31.2 Å². The molecule has 0 saturated heterocycles. The fourth-order valence-electron chi connectivity index (χ4n) is 2.62. The van der Waals surface area contributed by atoms with E-state index >= 15 is 0 Å². The molecule has 2 rings (SSSR count). The van der Waals surface area contributed by atoms with Crippen molar-refractivity contribution in [3.63, 3.8) is 0 Å². The van der Waals surface area contributed by atoms with Crippen LogP contribution in [0.5, 0.6) is 5.75 Å². The zero-order chi connectivity index (χ0) is 13.9. The predicted molar refractivity (Wildman–Crippen MR) is 76.3 cm³/mol. The van der Waals surface area contributed by atoms with Gasteiger partial charge in [-0.05, 0) is 42.9 Å². The first-order valence-electron chi connectivity index (χ1n) is 6.65. The lowest BCUT2D eigenvalue weighted by atomic mass is 9.83. The number of halogens is 3. The Labute approximate surface area is 121 Å². The molecule has 0 radical (unpaired) electrons. The molecule has 0 aliphatic heterocycles. The van der Waals surface area contributed by atoms with Gasteiger partial charge in [0.1, 0.15) is 5.75 Å². The third-order valence-corrected chi connectivity index (χ3v) is 4.91. The number of hydrogen-bond donors (Lipinski definition) is 0. The number of alkyl halides is 3. The summed E-state index contributed by atoms with van der Waals surface area (Å²) >= 11 is 3.67. The van der Waals surface area contributed by atoms with Crippen LogP contribution in [-0.2, 0) is 6.42 Å². The van der Waals surface area contributed by atoms with Gasteiger partial charge in [-0.15, -0.1) is 0 Å². The van der Waals surface area contributed by atoms with Crippen LogP contribution in [0.25, 0.3) is 0 Å². The van der Waals surface area contributed by atoms with Crippen molar-refractivity contribution >= 4 is 15.9 Å². The van der Waals surface area contributed by atoms with Crippen molar-refractivity contribution in [1.82, 2.24) is 0 Å². The Morgan fingerprint density at radius 3 is 2.68 bits per heavy atom. The summed E-state index contributed by atoms with van der Waals surface area (Å²) in [4.78, 5) is 0.260. The zero-order valence-electron chi connectivity index (χ0n) is 11.0. The van der Waals surface area contributed by atoms with Crippen LogP contribution in [0.2, 0.25) is 0 Å². The lowest BCUT2D eigenvalue weighted by Gasteiger charge is -2.31. The van der Waals surface area contributed by atoms with Crippen LogP contribution in [0.15, 0.2) is 24.3 Å². The molecule has 0 bridgehead atoms. The fourth-order valence-corrected chi connectivity index (χ4v) is 3.52. The van der Waals surface area contributed by atoms with Crippen molar-refractivity contribution in [2.75, 3.05) is 7.11 Å². The van der Waals surface area contributed by atoms with Crippen molar-refractivity contribution in [3.8, 4) is 5.75 Å². The first-order chi connectivity index (χ1) is 9.00. The molecule has 1 aliphatic carbocycles. The molecule has 1 aromatic rings. The highest BCUT2D eigenvalue weighted by Crippen LogP contribution is 2.39. The standard InChI is InChI=1S/C15H19BrF2O/c1-19-13-4-2-3-11(9-13)10-14(16)12-5-7-15(17,18)8-6-12/h2-4,9,12,14H,5-8,10H2,1H3. The Hall–Kier alpha value is -0.640. The number of rotatable bonds is 4. The summed E-state index contributed by atoms with van der Waals surface area (Å²) in [6.45, 7) is 0. The minimum atomic E-state index is -2.45.